The number of fused-ring (bicyclic) bond motifs is 1. The van der Waals surface area contributed by atoms with Crippen molar-refractivity contribution in [2.45, 2.75) is 6.92 Å². The Kier molecular flexibility index (Phi) is 6.59. The van der Waals surface area contributed by atoms with E-state index in [1.165, 1.54) is 10.9 Å². The first-order chi connectivity index (χ1) is 18.0. The number of benzene rings is 4. The van der Waals surface area contributed by atoms with Crippen LogP contribution in [-0.4, -0.2) is 29.0 Å². The van der Waals surface area contributed by atoms with Crippen LogP contribution in [0.3, 0.4) is 0 Å². The predicted octanol–water partition coefficient (Wildman–Crippen LogP) is 5.48. The van der Waals surface area contributed by atoms with Crippen LogP contribution in [0.15, 0.2) is 107 Å². The molecule has 0 fully saturated rings. The summed E-state index contributed by atoms with van der Waals surface area (Å²) >= 11 is 0. The minimum absolute atomic E-state index is 0.318. The second kappa shape index (κ2) is 10.3. The molecule has 0 bridgehead atoms. The van der Waals surface area contributed by atoms with Crippen LogP contribution in [0.25, 0.3) is 22.3 Å². The van der Waals surface area contributed by atoms with E-state index in [0.717, 1.165) is 5.56 Å². The summed E-state index contributed by atoms with van der Waals surface area (Å²) in [6, 6.07) is 28.5. The molecule has 0 amide bonds. The van der Waals surface area contributed by atoms with E-state index in [1.807, 2.05) is 31.2 Å². The number of carbonyl (C=O) groups is 1. The van der Waals surface area contributed by atoms with E-state index in [9.17, 15) is 9.59 Å². The lowest BCUT2D eigenvalue weighted by Crippen LogP contribution is -2.20. The first-order valence-electron chi connectivity index (χ1n) is 11.6. The molecule has 7 nitrogen and oxygen atoms in total. The van der Waals surface area contributed by atoms with Gasteiger partial charge in [0, 0.05) is 11.1 Å². The maximum Gasteiger partial charge on any atom is 0.343 e. The Morgan fingerprint density at radius 2 is 1.68 bits per heavy atom. The number of carbonyl (C=O) groups excluding carboxylic acids is 1. The van der Waals surface area contributed by atoms with E-state index in [2.05, 4.69) is 5.10 Å². The molecule has 0 aliphatic carbocycles. The highest BCUT2D eigenvalue weighted by molar-refractivity contribution is 5.93. The minimum atomic E-state index is -0.479. The molecule has 7 heteroatoms. The van der Waals surface area contributed by atoms with Gasteiger partial charge in [-0.25, -0.2) is 9.78 Å². The number of esters is 1. The summed E-state index contributed by atoms with van der Waals surface area (Å²) in [5, 5.41) is 4.93. The molecule has 4 aromatic carbocycles. The molecule has 0 radical (unpaired) electrons. The van der Waals surface area contributed by atoms with Crippen LogP contribution >= 0.6 is 0 Å². The van der Waals surface area contributed by atoms with Crippen LogP contribution < -0.4 is 15.0 Å². The fourth-order valence-corrected chi connectivity index (χ4v) is 3.89. The molecule has 0 unspecified atom stereocenters. The van der Waals surface area contributed by atoms with Gasteiger partial charge in [-0.05, 0) is 67.6 Å². The van der Waals surface area contributed by atoms with E-state index in [1.54, 1.807) is 79.9 Å². The average molecular weight is 490 g/mol. The lowest BCUT2D eigenvalue weighted by atomic mass is 10.1. The van der Waals surface area contributed by atoms with Gasteiger partial charge in [0.1, 0.15) is 11.5 Å². The first kappa shape index (κ1) is 23.7. The van der Waals surface area contributed by atoms with Crippen molar-refractivity contribution in [2.75, 3.05) is 7.11 Å². The van der Waals surface area contributed by atoms with Crippen molar-refractivity contribution in [1.82, 2.24) is 9.66 Å². The molecule has 0 aliphatic heterocycles. The van der Waals surface area contributed by atoms with Gasteiger partial charge in [0.15, 0.2) is 5.82 Å². The number of hydrogen-bond donors (Lipinski definition) is 0. The molecule has 0 spiro atoms. The van der Waals surface area contributed by atoms with Gasteiger partial charge in [0.25, 0.3) is 5.56 Å². The maximum absolute atomic E-state index is 13.4. The van der Waals surface area contributed by atoms with Crippen LogP contribution in [0.1, 0.15) is 21.5 Å². The zero-order valence-electron chi connectivity index (χ0n) is 20.3. The molecular formula is C30H23N3O4. The Labute approximate surface area is 213 Å². The molecule has 0 atom stereocenters. The number of rotatable bonds is 6. The first-order valence-corrected chi connectivity index (χ1v) is 11.6. The van der Waals surface area contributed by atoms with Crippen molar-refractivity contribution in [3.05, 3.63) is 124 Å². The van der Waals surface area contributed by atoms with Gasteiger partial charge in [-0.15, -0.1) is 0 Å². The summed E-state index contributed by atoms with van der Waals surface area (Å²) in [5.74, 6) is 0.904. The zero-order chi connectivity index (χ0) is 25.8. The van der Waals surface area contributed by atoms with Crippen LogP contribution in [0.2, 0.25) is 0 Å². The molecule has 1 heterocycles. The highest BCUT2D eigenvalue weighted by atomic mass is 16.5. The SMILES string of the molecule is COc1ccc(-c2nc3ccccc3c(=O)n2/N=C\c2ccccc2OC(=O)c2cccc(C)c2)cc1. The standard InChI is InChI=1S/C30H23N3O4/c1-20-8-7-10-22(18-20)30(35)37-27-13-6-3-9-23(27)19-31-33-28(21-14-16-24(36-2)17-15-21)32-26-12-5-4-11-25(26)29(33)34/h3-19H,1-2H3/b31-19-. The molecule has 182 valence electrons. The summed E-state index contributed by atoms with van der Waals surface area (Å²) in [6.45, 7) is 1.91. The molecule has 1 aromatic heterocycles. The van der Waals surface area contributed by atoms with E-state index >= 15 is 0 Å². The van der Waals surface area contributed by atoms with Gasteiger partial charge in [-0.1, -0.05) is 42.0 Å². The summed E-state index contributed by atoms with van der Waals surface area (Å²) < 4.78 is 12.2. The normalized spacial score (nSPS) is 11.1. The average Bonchev–Trinajstić information content (AvgIpc) is 2.93. The zero-order valence-corrected chi connectivity index (χ0v) is 20.3. The van der Waals surface area contributed by atoms with E-state index in [0.29, 0.717) is 44.9 Å². The van der Waals surface area contributed by atoms with Crippen molar-refractivity contribution in [2.24, 2.45) is 5.10 Å². The summed E-state index contributed by atoms with van der Waals surface area (Å²) in [4.78, 5) is 30.9. The maximum atomic E-state index is 13.4. The monoisotopic (exact) mass is 489 g/mol. The molecule has 37 heavy (non-hydrogen) atoms. The Morgan fingerprint density at radius 1 is 0.919 bits per heavy atom. The number of methoxy groups -OCH3 is 1. The summed E-state index contributed by atoms with van der Waals surface area (Å²) in [5.41, 5.74) is 2.88. The third-order valence-electron chi connectivity index (χ3n) is 5.79. The fourth-order valence-electron chi connectivity index (χ4n) is 3.89. The van der Waals surface area contributed by atoms with Crippen LogP contribution in [0.5, 0.6) is 11.5 Å². The summed E-state index contributed by atoms with van der Waals surface area (Å²) in [7, 11) is 1.59. The van der Waals surface area contributed by atoms with Gasteiger partial charge in [-0.3, -0.25) is 4.79 Å². The lowest BCUT2D eigenvalue weighted by Gasteiger charge is -2.11. The quantitative estimate of drug-likeness (QED) is 0.179. The Morgan fingerprint density at radius 3 is 2.46 bits per heavy atom. The second-order valence-corrected chi connectivity index (χ2v) is 8.34. The molecule has 0 aliphatic rings. The Bertz CT molecular complexity index is 1690. The van der Waals surface area contributed by atoms with Crippen LogP contribution in [0, 0.1) is 6.92 Å². The molecule has 0 N–H and O–H groups in total. The van der Waals surface area contributed by atoms with Crippen LogP contribution in [-0.2, 0) is 0 Å². The van der Waals surface area contributed by atoms with E-state index in [4.69, 9.17) is 14.5 Å². The third-order valence-corrected chi connectivity index (χ3v) is 5.79. The summed E-state index contributed by atoms with van der Waals surface area (Å²) in [6.07, 6.45) is 1.49. The highest BCUT2D eigenvalue weighted by Gasteiger charge is 2.14. The molecule has 5 rings (SSSR count). The number of ether oxygens (including phenoxy) is 2. The molecule has 0 saturated heterocycles. The molecule has 5 aromatic rings. The molecular weight excluding hydrogens is 466 g/mol. The smallest absolute Gasteiger partial charge is 0.343 e. The number of hydrogen-bond acceptors (Lipinski definition) is 6. The Balaban J connectivity index is 1.56. The predicted molar refractivity (Wildman–Crippen MR) is 144 cm³/mol. The van der Waals surface area contributed by atoms with Gasteiger partial charge < -0.3 is 9.47 Å². The van der Waals surface area contributed by atoms with Crippen LogP contribution in [0.4, 0.5) is 0 Å². The fraction of sp³-hybridized carbons (Fsp3) is 0.0667. The van der Waals surface area contributed by atoms with E-state index < -0.39 is 5.97 Å². The lowest BCUT2D eigenvalue weighted by molar-refractivity contribution is 0.0734. The van der Waals surface area contributed by atoms with E-state index in [-0.39, 0.29) is 5.56 Å². The molecule has 0 saturated carbocycles. The van der Waals surface area contributed by atoms with Crippen molar-refractivity contribution in [3.63, 3.8) is 0 Å². The minimum Gasteiger partial charge on any atom is -0.497 e. The second-order valence-electron chi connectivity index (χ2n) is 8.34. The number of aryl methyl sites for hydroxylation is 1. The number of nitrogens with zero attached hydrogens (tertiary/aromatic N) is 3. The third kappa shape index (κ3) is 5.01. The topological polar surface area (TPSA) is 82.8 Å². The van der Waals surface area contributed by atoms with Gasteiger partial charge in [0.2, 0.25) is 0 Å². The van der Waals surface area contributed by atoms with Gasteiger partial charge in [-0.2, -0.15) is 9.78 Å². The van der Waals surface area contributed by atoms with Crippen molar-refractivity contribution >= 4 is 23.1 Å². The van der Waals surface area contributed by atoms with Crippen molar-refractivity contribution in [1.29, 1.82) is 0 Å². The van der Waals surface area contributed by atoms with Crippen molar-refractivity contribution in [3.8, 4) is 22.9 Å². The van der Waals surface area contributed by atoms with Crippen molar-refractivity contribution < 1.29 is 14.3 Å². The number of para-hydroxylation sites is 2. The largest absolute Gasteiger partial charge is 0.497 e. The Hall–Kier alpha value is -5.04. The highest BCUT2D eigenvalue weighted by Crippen LogP contribution is 2.23. The number of aromatic nitrogens is 2. The van der Waals surface area contributed by atoms with Gasteiger partial charge in [0.05, 0.1) is 29.8 Å². The van der Waals surface area contributed by atoms with Gasteiger partial charge >= 0.3 is 5.97 Å².